The van der Waals surface area contributed by atoms with Crippen molar-refractivity contribution in [2.45, 2.75) is 20.8 Å². The molecular formula is C23H21N5O2. The van der Waals surface area contributed by atoms with Gasteiger partial charge in [-0.25, -0.2) is 9.67 Å². The zero-order valence-corrected chi connectivity index (χ0v) is 17.0. The fourth-order valence-electron chi connectivity index (χ4n) is 2.90. The van der Waals surface area contributed by atoms with Crippen molar-refractivity contribution in [1.82, 2.24) is 20.0 Å². The highest BCUT2D eigenvalue weighted by Crippen LogP contribution is 2.21. The standard InChI is InChI=1S/C23H21N5O2/c1-15-4-9-19(10-5-15)28-17(3)22(26-27-28)23(29)25-18-8-13-21(24-14-18)30-20-11-6-16(2)7-12-20/h4-14H,1-3H3,(H,25,29). The lowest BCUT2D eigenvalue weighted by molar-refractivity contribution is 0.102. The highest BCUT2D eigenvalue weighted by molar-refractivity contribution is 6.03. The molecule has 0 spiro atoms. The van der Waals surface area contributed by atoms with Crippen LogP contribution in [0.2, 0.25) is 0 Å². The number of hydrogen-bond acceptors (Lipinski definition) is 5. The van der Waals surface area contributed by atoms with Crippen molar-refractivity contribution in [1.29, 1.82) is 0 Å². The lowest BCUT2D eigenvalue weighted by atomic mass is 10.2. The molecule has 0 unspecified atom stereocenters. The van der Waals surface area contributed by atoms with Crippen LogP contribution in [-0.4, -0.2) is 25.9 Å². The first kappa shape index (κ1) is 19.3. The van der Waals surface area contributed by atoms with E-state index in [0.29, 0.717) is 23.0 Å². The number of amides is 1. The summed E-state index contributed by atoms with van der Waals surface area (Å²) < 4.78 is 7.35. The van der Waals surface area contributed by atoms with E-state index in [0.717, 1.165) is 16.8 Å². The fraction of sp³-hybridized carbons (Fsp3) is 0.130. The predicted molar refractivity (Wildman–Crippen MR) is 114 cm³/mol. The molecule has 0 aliphatic rings. The second-order valence-electron chi connectivity index (χ2n) is 7.03. The molecule has 0 saturated carbocycles. The van der Waals surface area contributed by atoms with Crippen LogP contribution in [0.1, 0.15) is 27.3 Å². The van der Waals surface area contributed by atoms with Gasteiger partial charge >= 0.3 is 0 Å². The molecule has 2 aromatic heterocycles. The van der Waals surface area contributed by atoms with Crippen LogP contribution in [0, 0.1) is 20.8 Å². The first-order valence-corrected chi connectivity index (χ1v) is 9.51. The van der Waals surface area contributed by atoms with Crippen LogP contribution < -0.4 is 10.1 Å². The van der Waals surface area contributed by atoms with Crippen molar-refractivity contribution in [3.8, 4) is 17.3 Å². The van der Waals surface area contributed by atoms with E-state index >= 15 is 0 Å². The number of aryl methyl sites for hydroxylation is 2. The molecule has 4 aromatic rings. The number of nitrogens with one attached hydrogen (secondary N) is 1. The first-order chi connectivity index (χ1) is 14.5. The Morgan fingerprint density at radius 2 is 1.57 bits per heavy atom. The number of rotatable bonds is 5. The predicted octanol–water partition coefficient (Wildman–Crippen LogP) is 4.63. The van der Waals surface area contributed by atoms with E-state index in [1.54, 1.807) is 23.0 Å². The maximum absolute atomic E-state index is 12.7. The van der Waals surface area contributed by atoms with Gasteiger partial charge in [-0.3, -0.25) is 4.79 Å². The Hall–Kier alpha value is -4.00. The second kappa shape index (κ2) is 8.16. The van der Waals surface area contributed by atoms with Crippen molar-refractivity contribution < 1.29 is 9.53 Å². The highest BCUT2D eigenvalue weighted by atomic mass is 16.5. The number of benzene rings is 2. The molecule has 1 N–H and O–H groups in total. The van der Waals surface area contributed by atoms with Gasteiger partial charge < -0.3 is 10.1 Å². The Morgan fingerprint density at radius 3 is 2.20 bits per heavy atom. The number of pyridine rings is 1. The van der Waals surface area contributed by atoms with Crippen LogP contribution in [0.3, 0.4) is 0 Å². The largest absolute Gasteiger partial charge is 0.439 e. The number of ether oxygens (including phenoxy) is 1. The molecule has 150 valence electrons. The van der Waals surface area contributed by atoms with Gasteiger partial charge in [0.2, 0.25) is 5.88 Å². The molecule has 30 heavy (non-hydrogen) atoms. The summed E-state index contributed by atoms with van der Waals surface area (Å²) in [5.41, 5.74) is 4.61. The first-order valence-electron chi connectivity index (χ1n) is 9.51. The smallest absolute Gasteiger partial charge is 0.278 e. The summed E-state index contributed by atoms with van der Waals surface area (Å²) in [4.78, 5) is 16.9. The van der Waals surface area contributed by atoms with Gasteiger partial charge in [-0.2, -0.15) is 0 Å². The summed E-state index contributed by atoms with van der Waals surface area (Å²) in [7, 11) is 0. The Morgan fingerprint density at radius 1 is 0.900 bits per heavy atom. The van der Waals surface area contributed by atoms with Crippen LogP contribution in [0.25, 0.3) is 5.69 Å². The monoisotopic (exact) mass is 399 g/mol. The molecule has 2 heterocycles. The molecule has 7 nitrogen and oxygen atoms in total. The van der Waals surface area contributed by atoms with E-state index < -0.39 is 0 Å². The van der Waals surface area contributed by atoms with Gasteiger partial charge in [0.05, 0.1) is 23.3 Å². The van der Waals surface area contributed by atoms with E-state index in [2.05, 4.69) is 20.6 Å². The molecule has 4 rings (SSSR count). The molecule has 0 fully saturated rings. The molecular weight excluding hydrogens is 378 g/mol. The van der Waals surface area contributed by atoms with E-state index in [9.17, 15) is 4.79 Å². The summed E-state index contributed by atoms with van der Waals surface area (Å²) in [5.74, 6) is 0.798. The minimum atomic E-state index is -0.347. The van der Waals surface area contributed by atoms with Crippen LogP contribution in [0.4, 0.5) is 5.69 Å². The van der Waals surface area contributed by atoms with Crippen molar-refractivity contribution in [3.05, 3.63) is 89.4 Å². The fourth-order valence-corrected chi connectivity index (χ4v) is 2.90. The van der Waals surface area contributed by atoms with E-state index in [1.807, 2.05) is 69.3 Å². The van der Waals surface area contributed by atoms with Crippen LogP contribution in [0.15, 0.2) is 66.9 Å². The molecule has 0 bridgehead atoms. The van der Waals surface area contributed by atoms with Gasteiger partial charge in [0.1, 0.15) is 5.75 Å². The number of anilines is 1. The summed E-state index contributed by atoms with van der Waals surface area (Å²) in [5, 5.41) is 11.0. The van der Waals surface area contributed by atoms with E-state index in [1.165, 1.54) is 0 Å². The van der Waals surface area contributed by atoms with Crippen LogP contribution in [-0.2, 0) is 0 Å². The molecule has 0 aliphatic heterocycles. The SMILES string of the molecule is Cc1ccc(Oc2ccc(NC(=O)c3nnn(-c4ccc(C)cc4)c3C)cn2)cc1. The zero-order valence-electron chi connectivity index (χ0n) is 17.0. The third-order valence-electron chi connectivity index (χ3n) is 4.63. The number of carbonyl (C=O) groups excluding carboxylic acids is 1. The van der Waals surface area contributed by atoms with Crippen molar-refractivity contribution in [2.75, 3.05) is 5.32 Å². The normalized spacial score (nSPS) is 10.6. The lowest BCUT2D eigenvalue weighted by Crippen LogP contribution is -2.14. The Labute approximate surface area is 174 Å². The lowest BCUT2D eigenvalue weighted by Gasteiger charge is -2.07. The Kier molecular flexibility index (Phi) is 5.26. The summed E-state index contributed by atoms with van der Waals surface area (Å²) in [6.07, 6.45) is 1.54. The summed E-state index contributed by atoms with van der Waals surface area (Å²) in [6.45, 7) is 5.84. The highest BCUT2D eigenvalue weighted by Gasteiger charge is 2.17. The maximum atomic E-state index is 12.7. The van der Waals surface area contributed by atoms with Gasteiger partial charge in [-0.05, 0) is 51.1 Å². The molecule has 0 atom stereocenters. The third-order valence-corrected chi connectivity index (χ3v) is 4.63. The summed E-state index contributed by atoms with van der Waals surface area (Å²) in [6, 6.07) is 19.0. The van der Waals surface area contributed by atoms with Crippen LogP contribution >= 0.6 is 0 Å². The molecule has 1 amide bonds. The van der Waals surface area contributed by atoms with E-state index in [4.69, 9.17) is 4.74 Å². The topological polar surface area (TPSA) is 81.9 Å². The second-order valence-corrected chi connectivity index (χ2v) is 7.03. The average molecular weight is 399 g/mol. The zero-order chi connectivity index (χ0) is 21.1. The average Bonchev–Trinajstić information content (AvgIpc) is 3.13. The van der Waals surface area contributed by atoms with Crippen molar-refractivity contribution in [3.63, 3.8) is 0 Å². The third kappa shape index (κ3) is 4.20. The van der Waals surface area contributed by atoms with Gasteiger partial charge in [-0.1, -0.05) is 40.6 Å². The summed E-state index contributed by atoms with van der Waals surface area (Å²) >= 11 is 0. The molecule has 0 saturated heterocycles. The van der Waals surface area contributed by atoms with Crippen LogP contribution in [0.5, 0.6) is 11.6 Å². The molecule has 7 heteroatoms. The quantitative estimate of drug-likeness (QED) is 0.529. The number of hydrogen-bond donors (Lipinski definition) is 1. The van der Waals surface area contributed by atoms with E-state index in [-0.39, 0.29) is 11.6 Å². The molecule has 2 aromatic carbocycles. The molecule has 0 aliphatic carbocycles. The molecule has 0 radical (unpaired) electrons. The minimum Gasteiger partial charge on any atom is -0.439 e. The minimum absolute atomic E-state index is 0.260. The van der Waals surface area contributed by atoms with Crippen molar-refractivity contribution >= 4 is 11.6 Å². The Bertz CT molecular complexity index is 1160. The van der Waals surface area contributed by atoms with Crippen molar-refractivity contribution in [2.24, 2.45) is 0 Å². The number of nitrogens with zero attached hydrogens (tertiary/aromatic N) is 4. The van der Waals surface area contributed by atoms with Gasteiger partial charge in [0.15, 0.2) is 5.69 Å². The maximum Gasteiger partial charge on any atom is 0.278 e. The van der Waals surface area contributed by atoms with Gasteiger partial charge in [0.25, 0.3) is 5.91 Å². The number of aromatic nitrogens is 4. The Balaban J connectivity index is 1.45. The van der Waals surface area contributed by atoms with Gasteiger partial charge in [-0.15, -0.1) is 5.10 Å². The van der Waals surface area contributed by atoms with Gasteiger partial charge in [0, 0.05) is 6.07 Å². The number of carbonyl (C=O) groups is 1.